The van der Waals surface area contributed by atoms with Gasteiger partial charge in [0.2, 0.25) is 5.91 Å². The van der Waals surface area contributed by atoms with Crippen molar-refractivity contribution >= 4 is 29.6 Å². The van der Waals surface area contributed by atoms with E-state index in [0.717, 1.165) is 31.5 Å². The predicted molar refractivity (Wildman–Crippen MR) is 99.5 cm³/mol. The zero-order chi connectivity index (χ0) is 17.6. The van der Waals surface area contributed by atoms with E-state index in [9.17, 15) is 9.59 Å². The quantitative estimate of drug-likeness (QED) is 0.760. The number of hydrogen-bond acceptors (Lipinski definition) is 2. The number of likely N-dealkylation sites (tertiary alicyclic amines) is 1. The lowest BCUT2D eigenvalue weighted by molar-refractivity contribution is -0.127. The van der Waals surface area contributed by atoms with Gasteiger partial charge in [-0.15, -0.1) is 0 Å². The topological polar surface area (TPSA) is 43.9 Å². The minimum absolute atomic E-state index is 0.0139. The number of rotatable bonds is 2. The Morgan fingerprint density at radius 3 is 2.00 bits per heavy atom. The highest BCUT2D eigenvalue weighted by Crippen LogP contribution is 2.14. The summed E-state index contributed by atoms with van der Waals surface area (Å²) in [5.74, 6) is -0.0139. The lowest BCUT2D eigenvalue weighted by Crippen LogP contribution is -2.54. The molecule has 0 radical (unpaired) electrons. The molecule has 1 aromatic carbocycles. The number of piperidine rings is 1. The molecule has 6 heteroatoms. The fraction of sp³-hybridized carbons (Fsp3) is 0.474. The van der Waals surface area contributed by atoms with E-state index in [0.29, 0.717) is 31.2 Å². The molecule has 3 rings (SSSR count). The number of urea groups is 1. The molecule has 134 valence electrons. The van der Waals surface area contributed by atoms with Crippen LogP contribution in [0.2, 0.25) is 5.02 Å². The van der Waals surface area contributed by atoms with E-state index < -0.39 is 0 Å². The summed E-state index contributed by atoms with van der Waals surface area (Å²) in [4.78, 5) is 30.4. The Balaban J connectivity index is 1.48. The van der Waals surface area contributed by atoms with Crippen LogP contribution < -0.4 is 0 Å². The van der Waals surface area contributed by atoms with Crippen LogP contribution in [0.5, 0.6) is 0 Å². The van der Waals surface area contributed by atoms with Crippen LogP contribution in [0.3, 0.4) is 0 Å². The molecular weight excluding hydrogens is 338 g/mol. The van der Waals surface area contributed by atoms with Crippen LogP contribution in [-0.4, -0.2) is 65.9 Å². The minimum Gasteiger partial charge on any atom is -0.336 e. The number of amides is 3. The lowest BCUT2D eigenvalue weighted by Gasteiger charge is -2.38. The fourth-order valence-corrected chi connectivity index (χ4v) is 3.38. The molecule has 0 saturated carbocycles. The molecule has 0 aromatic heterocycles. The summed E-state index contributed by atoms with van der Waals surface area (Å²) in [6.45, 7) is 4.11. The zero-order valence-electron chi connectivity index (χ0n) is 14.4. The summed E-state index contributed by atoms with van der Waals surface area (Å²) < 4.78 is 0. The SMILES string of the molecule is O=C(/C=C/c1ccc(Cl)cc1)N1CCN(C(=O)N2CCCCC2)CC1. The van der Waals surface area contributed by atoms with Gasteiger partial charge in [-0.2, -0.15) is 0 Å². The maximum Gasteiger partial charge on any atom is 0.320 e. The standard InChI is InChI=1S/C19H24ClN3O2/c20-17-7-4-16(5-8-17)6-9-18(24)21-12-14-23(15-13-21)19(25)22-10-2-1-3-11-22/h4-9H,1-3,10-15H2/b9-6+. The number of carbonyl (C=O) groups is 2. The maximum atomic E-state index is 12.5. The number of carbonyl (C=O) groups excluding carboxylic acids is 2. The summed E-state index contributed by atoms with van der Waals surface area (Å²) in [5, 5.41) is 0.679. The van der Waals surface area contributed by atoms with Crippen molar-refractivity contribution in [3.63, 3.8) is 0 Å². The first-order chi connectivity index (χ1) is 12.1. The minimum atomic E-state index is -0.0139. The van der Waals surface area contributed by atoms with E-state index in [1.807, 2.05) is 21.9 Å². The Morgan fingerprint density at radius 1 is 0.800 bits per heavy atom. The first-order valence-electron chi connectivity index (χ1n) is 8.90. The monoisotopic (exact) mass is 361 g/mol. The molecular formula is C19H24ClN3O2. The maximum absolute atomic E-state index is 12.5. The van der Waals surface area contributed by atoms with E-state index in [2.05, 4.69) is 0 Å². The summed E-state index contributed by atoms with van der Waals surface area (Å²) in [6.07, 6.45) is 6.79. The molecule has 0 atom stereocenters. The Hall–Kier alpha value is -2.01. The summed E-state index contributed by atoms with van der Waals surface area (Å²) in [7, 11) is 0. The number of benzene rings is 1. The third-order valence-corrected chi connectivity index (χ3v) is 5.03. The fourth-order valence-electron chi connectivity index (χ4n) is 3.25. The van der Waals surface area contributed by atoms with Gasteiger partial charge in [0.15, 0.2) is 0 Å². The Kier molecular flexibility index (Phi) is 5.97. The van der Waals surface area contributed by atoms with E-state index in [4.69, 9.17) is 11.6 Å². The van der Waals surface area contributed by atoms with Crippen LogP contribution >= 0.6 is 11.6 Å². The lowest BCUT2D eigenvalue weighted by atomic mass is 10.1. The molecule has 25 heavy (non-hydrogen) atoms. The largest absolute Gasteiger partial charge is 0.336 e. The van der Waals surface area contributed by atoms with Crippen molar-refractivity contribution < 1.29 is 9.59 Å². The van der Waals surface area contributed by atoms with Gasteiger partial charge in [0.25, 0.3) is 0 Å². The number of nitrogens with zero attached hydrogens (tertiary/aromatic N) is 3. The smallest absolute Gasteiger partial charge is 0.320 e. The van der Waals surface area contributed by atoms with E-state index >= 15 is 0 Å². The highest BCUT2D eigenvalue weighted by molar-refractivity contribution is 6.30. The molecule has 2 heterocycles. The van der Waals surface area contributed by atoms with Crippen molar-refractivity contribution in [3.05, 3.63) is 40.9 Å². The van der Waals surface area contributed by atoms with Crippen LogP contribution in [0.4, 0.5) is 4.79 Å². The van der Waals surface area contributed by atoms with Gasteiger partial charge in [-0.3, -0.25) is 4.79 Å². The van der Waals surface area contributed by atoms with Crippen molar-refractivity contribution in [1.82, 2.24) is 14.7 Å². The first kappa shape index (κ1) is 17.8. The molecule has 2 saturated heterocycles. The molecule has 2 aliphatic heterocycles. The second-order valence-corrected chi connectivity index (χ2v) is 6.96. The second kappa shape index (κ2) is 8.39. The second-order valence-electron chi connectivity index (χ2n) is 6.53. The Labute approximate surface area is 153 Å². The van der Waals surface area contributed by atoms with Gasteiger partial charge >= 0.3 is 6.03 Å². The highest BCUT2D eigenvalue weighted by Gasteiger charge is 2.27. The normalized spacial score (nSPS) is 18.7. The van der Waals surface area contributed by atoms with Crippen LogP contribution in [0, 0.1) is 0 Å². The average molecular weight is 362 g/mol. The van der Waals surface area contributed by atoms with Gasteiger partial charge in [0.05, 0.1) is 0 Å². The molecule has 5 nitrogen and oxygen atoms in total. The molecule has 0 unspecified atom stereocenters. The summed E-state index contributed by atoms with van der Waals surface area (Å²) >= 11 is 5.86. The zero-order valence-corrected chi connectivity index (χ0v) is 15.1. The molecule has 0 spiro atoms. The van der Waals surface area contributed by atoms with Gasteiger partial charge in [0.1, 0.15) is 0 Å². The van der Waals surface area contributed by atoms with Gasteiger partial charge in [-0.1, -0.05) is 23.7 Å². The van der Waals surface area contributed by atoms with Gasteiger partial charge in [-0.05, 0) is 43.0 Å². The molecule has 0 bridgehead atoms. The van der Waals surface area contributed by atoms with Crippen molar-refractivity contribution in [2.24, 2.45) is 0 Å². The molecule has 3 amide bonds. The summed E-state index contributed by atoms with van der Waals surface area (Å²) in [5.41, 5.74) is 0.941. The van der Waals surface area contributed by atoms with Crippen LogP contribution in [0.15, 0.2) is 30.3 Å². The molecule has 0 N–H and O–H groups in total. The van der Waals surface area contributed by atoms with Crippen LogP contribution in [0.1, 0.15) is 24.8 Å². The molecule has 2 fully saturated rings. The van der Waals surface area contributed by atoms with Crippen molar-refractivity contribution in [2.45, 2.75) is 19.3 Å². The third-order valence-electron chi connectivity index (χ3n) is 4.78. The number of piperazine rings is 1. The van der Waals surface area contributed by atoms with Gasteiger partial charge < -0.3 is 14.7 Å². The molecule has 1 aromatic rings. The van der Waals surface area contributed by atoms with E-state index in [-0.39, 0.29) is 11.9 Å². The van der Waals surface area contributed by atoms with Gasteiger partial charge in [0, 0.05) is 50.4 Å². The van der Waals surface area contributed by atoms with Crippen molar-refractivity contribution in [1.29, 1.82) is 0 Å². The Bertz CT molecular complexity index is 631. The van der Waals surface area contributed by atoms with Gasteiger partial charge in [-0.25, -0.2) is 4.79 Å². The third kappa shape index (κ3) is 4.75. The van der Waals surface area contributed by atoms with Crippen LogP contribution in [0.25, 0.3) is 6.08 Å². The summed E-state index contributed by atoms with van der Waals surface area (Å²) in [6, 6.07) is 7.49. The predicted octanol–water partition coefficient (Wildman–Crippen LogP) is 3.10. The van der Waals surface area contributed by atoms with Crippen molar-refractivity contribution in [3.8, 4) is 0 Å². The number of hydrogen-bond donors (Lipinski definition) is 0. The molecule has 0 aliphatic carbocycles. The Morgan fingerprint density at radius 2 is 1.36 bits per heavy atom. The van der Waals surface area contributed by atoms with Crippen LogP contribution in [-0.2, 0) is 4.79 Å². The van der Waals surface area contributed by atoms with E-state index in [1.54, 1.807) is 29.2 Å². The van der Waals surface area contributed by atoms with Crippen molar-refractivity contribution in [2.75, 3.05) is 39.3 Å². The number of halogens is 1. The molecule has 2 aliphatic rings. The first-order valence-corrected chi connectivity index (χ1v) is 9.28. The van der Waals surface area contributed by atoms with E-state index in [1.165, 1.54) is 6.42 Å². The average Bonchev–Trinajstić information content (AvgIpc) is 2.67. The highest BCUT2D eigenvalue weighted by atomic mass is 35.5.